The molecule has 3 aromatic rings. The number of anilines is 2. The number of nitriles is 1. The van der Waals surface area contributed by atoms with Crippen molar-refractivity contribution in [2.45, 2.75) is 18.9 Å². The Balaban J connectivity index is 1.65. The lowest BCUT2D eigenvalue weighted by molar-refractivity contribution is 0.145. The number of halogens is 1. The summed E-state index contributed by atoms with van der Waals surface area (Å²) in [6.45, 7) is 1.65. The molecule has 142 valence electrons. The quantitative estimate of drug-likeness (QED) is 0.732. The van der Waals surface area contributed by atoms with Gasteiger partial charge in [0.1, 0.15) is 17.7 Å². The highest BCUT2D eigenvalue weighted by molar-refractivity contribution is 5.67. The first-order valence-electron chi connectivity index (χ1n) is 9.14. The zero-order valence-electron chi connectivity index (χ0n) is 15.2. The highest BCUT2D eigenvalue weighted by Gasteiger charge is 2.18. The predicted octanol–water partition coefficient (Wildman–Crippen LogP) is 3.09. The van der Waals surface area contributed by atoms with E-state index in [0.29, 0.717) is 17.1 Å². The second kappa shape index (κ2) is 7.33. The minimum Gasteiger partial charge on any atom is -0.393 e. The number of aliphatic hydroxyl groups is 1. The smallest absolute Gasteiger partial charge is 0.146 e. The van der Waals surface area contributed by atoms with Crippen LogP contribution in [0, 0.1) is 17.1 Å². The van der Waals surface area contributed by atoms with Gasteiger partial charge in [-0.05, 0) is 49.2 Å². The zero-order chi connectivity index (χ0) is 19.7. The fourth-order valence-corrected chi connectivity index (χ4v) is 3.50. The van der Waals surface area contributed by atoms with Crippen molar-refractivity contribution in [3.63, 3.8) is 0 Å². The molecule has 1 aliphatic rings. The van der Waals surface area contributed by atoms with E-state index in [0.717, 1.165) is 37.3 Å². The molecule has 0 radical (unpaired) electrons. The van der Waals surface area contributed by atoms with Crippen LogP contribution in [0.4, 0.5) is 15.9 Å². The van der Waals surface area contributed by atoms with Crippen molar-refractivity contribution in [3.8, 4) is 23.0 Å². The predicted molar refractivity (Wildman–Crippen MR) is 106 cm³/mol. The molecule has 6 nitrogen and oxygen atoms in total. The fourth-order valence-electron chi connectivity index (χ4n) is 3.50. The number of aliphatic hydroxyl groups excluding tert-OH is 1. The Morgan fingerprint density at radius 2 is 1.75 bits per heavy atom. The van der Waals surface area contributed by atoms with Crippen LogP contribution in [0.1, 0.15) is 18.4 Å². The summed E-state index contributed by atoms with van der Waals surface area (Å²) in [5, 5.41) is 22.9. The number of rotatable bonds is 3. The van der Waals surface area contributed by atoms with Crippen molar-refractivity contribution in [1.29, 1.82) is 5.26 Å². The van der Waals surface area contributed by atoms with Gasteiger partial charge in [0.15, 0.2) is 0 Å². The number of benzene rings is 2. The van der Waals surface area contributed by atoms with Crippen LogP contribution in [0.25, 0.3) is 16.9 Å². The molecule has 0 spiro atoms. The first kappa shape index (κ1) is 18.0. The molecule has 7 heteroatoms. The highest BCUT2D eigenvalue weighted by Crippen LogP contribution is 2.28. The topological polar surface area (TPSA) is 91.1 Å². The van der Waals surface area contributed by atoms with Crippen LogP contribution in [-0.2, 0) is 0 Å². The van der Waals surface area contributed by atoms with Gasteiger partial charge in [0, 0.05) is 30.4 Å². The van der Waals surface area contributed by atoms with Gasteiger partial charge in [-0.3, -0.25) is 0 Å². The van der Waals surface area contributed by atoms with E-state index in [1.165, 1.54) is 12.1 Å². The van der Waals surface area contributed by atoms with Crippen LogP contribution in [-0.4, -0.2) is 34.1 Å². The molecule has 0 amide bonds. The van der Waals surface area contributed by atoms with Gasteiger partial charge in [-0.25, -0.2) is 9.07 Å². The summed E-state index contributed by atoms with van der Waals surface area (Å²) < 4.78 is 15.7. The van der Waals surface area contributed by atoms with Crippen LogP contribution in [0.15, 0.2) is 48.5 Å². The summed E-state index contributed by atoms with van der Waals surface area (Å²) in [4.78, 5) is 2.24. The number of nitrogen functional groups attached to an aromatic ring is 1. The Hall–Kier alpha value is -3.37. The minimum absolute atomic E-state index is 0.00112. The van der Waals surface area contributed by atoms with E-state index >= 15 is 0 Å². The molecule has 3 N–H and O–H groups in total. The molecule has 0 unspecified atom stereocenters. The molecule has 1 aromatic heterocycles. The molecule has 1 saturated heterocycles. The van der Waals surface area contributed by atoms with Gasteiger partial charge in [0.25, 0.3) is 0 Å². The molecule has 2 heterocycles. The first-order chi connectivity index (χ1) is 13.5. The average Bonchev–Trinajstić information content (AvgIpc) is 3.10. The number of nitrogens with zero attached hydrogens (tertiary/aromatic N) is 4. The Morgan fingerprint density at radius 1 is 1.07 bits per heavy atom. The molecule has 0 bridgehead atoms. The third kappa shape index (κ3) is 3.42. The van der Waals surface area contributed by atoms with Crippen molar-refractivity contribution >= 4 is 11.5 Å². The highest BCUT2D eigenvalue weighted by atomic mass is 19.1. The average molecular weight is 377 g/mol. The van der Waals surface area contributed by atoms with Crippen molar-refractivity contribution < 1.29 is 9.50 Å². The molecule has 1 aliphatic heterocycles. The number of piperidine rings is 1. The molecule has 28 heavy (non-hydrogen) atoms. The standard InChI is InChI=1S/C21H20FN5O/c22-19-11-14(1-2-15(19)13-23)20-12-21(24)25-27(20)17-5-3-16(4-6-17)26-9-7-18(28)8-10-26/h1-6,11-12,18,28H,7-10H2,(H2,24,25). The minimum atomic E-state index is -0.575. The van der Waals surface area contributed by atoms with E-state index in [1.54, 1.807) is 16.8 Å². The molecule has 1 fully saturated rings. The summed E-state index contributed by atoms with van der Waals surface area (Å²) in [6.07, 6.45) is 1.33. The maximum absolute atomic E-state index is 14.1. The van der Waals surface area contributed by atoms with Gasteiger partial charge in [0.2, 0.25) is 0 Å². The molecular weight excluding hydrogens is 357 g/mol. The van der Waals surface area contributed by atoms with Crippen LogP contribution >= 0.6 is 0 Å². The Labute approximate surface area is 162 Å². The second-order valence-electron chi connectivity index (χ2n) is 6.91. The maximum Gasteiger partial charge on any atom is 0.146 e. The normalized spacial score (nSPS) is 14.8. The van der Waals surface area contributed by atoms with Gasteiger partial charge in [-0.15, -0.1) is 0 Å². The van der Waals surface area contributed by atoms with Gasteiger partial charge < -0.3 is 15.7 Å². The van der Waals surface area contributed by atoms with Gasteiger partial charge in [-0.2, -0.15) is 10.4 Å². The summed E-state index contributed by atoms with van der Waals surface area (Å²) in [5.41, 5.74) is 9.03. The Bertz CT molecular complexity index is 1030. The lowest BCUT2D eigenvalue weighted by Gasteiger charge is -2.31. The third-order valence-corrected chi connectivity index (χ3v) is 5.04. The van der Waals surface area contributed by atoms with E-state index in [1.807, 2.05) is 30.3 Å². The second-order valence-corrected chi connectivity index (χ2v) is 6.91. The molecule has 2 aromatic carbocycles. The molecular formula is C21H20FN5O. The summed E-state index contributed by atoms with van der Waals surface area (Å²) in [6, 6.07) is 15.9. The third-order valence-electron chi connectivity index (χ3n) is 5.04. The zero-order valence-corrected chi connectivity index (χ0v) is 15.2. The van der Waals surface area contributed by atoms with E-state index in [-0.39, 0.29) is 11.7 Å². The van der Waals surface area contributed by atoms with Crippen LogP contribution in [0.2, 0.25) is 0 Å². The Kier molecular flexibility index (Phi) is 4.72. The van der Waals surface area contributed by atoms with Crippen LogP contribution in [0.3, 0.4) is 0 Å². The van der Waals surface area contributed by atoms with Crippen molar-refractivity contribution in [2.75, 3.05) is 23.7 Å². The monoisotopic (exact) mass is 377 g/mol. The first-order valence-corrected chi connectivity index (χ1v) is 9.14. The summed E-state index contributed by atoms with van der Waals surface area (Å²) in [5.74, 6) is -0.247. The van der Waals surface area contributed by atoms with Crippen molar-refractivity contribution in [1.82, 2.24) is 9.78 Å². The van der Waals surface area contributed by atoms with Crippen molar-refractivity contribution in [2.24, 2.45) is 0 Å². The fraction of sp³-hybridized carbons (Fsp3) is 0.238. The van der Waals surface area contributed by atoms with Gasteiger partial charge >= 0.3 is 0 Å². The number of nitrogens with two attached hydrogens (primary N) is 1. The lowest BCUT2D eigenvalue weighted by Crippen LogP contribution is -2.35. The maximum atomic E-state index is 14.1. The summed E-state index contributed by atoms with van der Waals surface area (Å²) >= 11 is 0. The van der Waals surface area contributed by atoms with Crippen LogP contribution in [0.5, 0.6) is 0 Å². The molecule has 4 rings (SSSR count). The number of hydrogen-bond acceptors (Lipinski definition) is 5. The molecule has 0 aliphatic carbocycles. The molecule has 0 saturated carbocycles. The van der Waals surface area contributed by atoms with E-state index in [4.69, 9.17) is 11.0 Å². The molecule has 0 atom stereocenters. The SMILES string of the molecule is N#Cc1ccc(-c2cc(N)nn2-c2ccc(N3CCC(O)CC3)cc2)cc1F. The number of aromatic nitrogens is 2. The number of hydrogen-bond donors (Lipinski definition) is 2. The van der Waals surface area contributed by atoms with E-state index in [9.17, 15) is 9.50 Å². The van der Waals surface area contributed by atoms with Crippen LogP contribution < -0.4 is 10.6 Å². The van der Waals surface area contributed by atoms with Crippen molar-refractivity contribution in [3.05, 3.63) is 59.9 Å². The van der Waals surface area contributed by atoms with Gasteiger partial charge in [-0.1, -0.05) is 6.07 Å². The largest absolute Gasteiger partial charge is 0.393 e. The van der Waals surface area contributed by atoms with Gasteiger partial charge in [0.05, 0.1) is 23.0 Å². The van der Waals surface area contributed by atoms with E-state index < -0.39 is 5.82 Å². The Morgan fingerprint density at radius 3 is 2.39 bits per heavy atom. The lowest BCUT2D eigenvalue weighted by atomic mass is 10.1. The summed E-state index contributed by atoms with van der Waals surface area (Å²) in [7, 11) is 0. The van der Waals surface area contributed by atoms with E-state index in [2.05, 4.69) is 10.00 Å².